The number of hydrogen-bond acceptors (Lipinski definition) is 6. The second-order valence-electron chi connectivity index (χ2n) is 6.10. The molecule has 0 bridgehead atoms. The Hall–Kier alpha value is -3.12. The van der Waals surface area contributed by atoms with Gasteiger partial charge in [0.2, 0.25) is 5.78 Å². The first-order valence-electron chi connectivity index (χ1n) is 8.80. The van der Waals surface area contributed by atoms with E-state index in [1.54, 1.807) is 42.5 Å². The number of fused-ring (bicyclic) bond motifs is 1. The molecule has 1 aliphatic rings. The van der Waals surface area contributed by atoms with Crippen LogP contribution in [0.5, 0.6) is 5.75 Å². The Labute approximate surface area is 167 Å². The highest BCUT2D eigenvalue weighted by molar-refractivity contribution is 6.35. The van der Waals surface area contributed by atoms with Crippen molar-refractivity contribution in [2.75, 3.05) is 11.9 Å². The molecule has 1 N–H and O–H groups in total. The number of halogens is 1. The lowest BCUT2D eigenvalue weighted by atomic mass is 10.0. The SMILES string of the molecule is CCCCOC(=O)c1ccc(NC=C2C(=O)Oc3c(Cl)cccc3C2=O)cc1. The van der Waals surface area contributed by atoms with Gasteiger partial charge in [0.15, 0.2) is 5.75 Å². The molecule has 28 heavy (non-hydrogen) atoms. The standard InChI is InChI=1S/C21H18ClNO5/c1-2-3-11-27-20(25)13-7-9-14(10-8-13)23-12-16-18(24)15-5-4-6-17(22)19(15)28-21(16)26/h4-10,12,23H,2-3,11H2,1H3. The van der Waals surface area contributed by atoms with Crippen LogP contribution in [0.3, 0.4) is 0 Å². The van der Waals surface area contributed by atoms with Crippen molar-refractivity contribution in [3.63, 3.8) is 0 Å². The number of ketones is 1. The fraction of sp³-hybridized carbons (Fsp3) is 0.190. The molecule has 0 unspecified atom stereocenters. The Bertz CT molecular complexity index is 950. The second-order valence-corrected chi connectivity index (χ2v) is 6.51. The van der Waals surface area contributed by atoms with Gasteiger partial charge in [-0.15, -0.1) is 0 Å². The van der Waals surface area contributed by atoms with E-state index in [2.05, 4.69) is 5.32 Å². The van der Waals surface area contributed by atoms with Gasteiger partial charge in [-0.25, -0.2) is 9.59 Å². The summed E-state index contributed by atoms with van der Waals surface area (Å²) in [6.07, 6.45) is 3.04. The van der Waals surface area contributed by atoms with Crippen LogP contribution in [0.25, 0.3) is 0 Å². The Morgan fingerprint density at radius 3 is 2.64 bits per heavy atom. The van der Waals surface area contributed by atoms with Crippen LogP contribution >= 0.6 is 11.6 Å². The van der Waals surface area contributed by atoms with Crippen LogP contribution in [0.4, 0.5) is 5.69 Å². The van der Waals surface area contributed by atoms with E-state index in [4.69, 9.17) is 21.1 Å². The van der Waals surface area contributed by atoms with Crippen LogP contribution in [0, 0.1) is 0 Å². The molecule has 3 rings (SSSR count). The van der Waals surface area contributed by atoms with Crippen molar-refractivity contribution in [3.8, 4) is 5.75 Å². The zero-order valence-corrected chi connectivity index (χ0v) is 15.9. The highest BCUT2D eigenvalue weighted by Crippen LogP contribution is 2.34. The van der Waals surface area contributed by atoms with Crippen molar-refractivity contribution in [3.05, 3.63) is 70.4 Å². The van der Waals surface area contributed by atoms with Crippen LogP contribution in [-0.4, -0.2) is 24.3 Å². The topological polar surface area (TPSA) is 81.7 Å². The van der Waals surface area contributed by atoms with Gasteiger partial charge >= 0.3 is 11.9 Å². The maximum absolute atomic E-state index is 12.5. The third-order valence-corrected chi connectivity index (χ3v) is 4.40. The Morgan fingerprint density at radius 1 is 1.18 bits per heavy atom. The van der Waals surface area contributed by atoms with Crippen LogP contribution in [0.15, 0.2) is 54.2 Å². The summed E-state index contributed by atoms with van der Waals surface area (Å²) in [4.78, 5) is 36.6. The molecular weight excluding hydrogens is 382 g/mol. The molecule has 0 atom stereocenters. The third-order valence-electron chi connectivity index (χ3n) is 4.11. The van der Waals surface area contributed by atoms with E-state index < -0.39 is 17.7 Å². The first-order chi connectivity index (χ1) is 13.5. The number of ether oxygens (including phenoxy) is 2. The van der Waals surface area contributed by atoms with Crippen molar-refractivity contribution in [1.82, 2.24) is 0 Å². The van der Waals surface area contributed by atoms with Crippen LogP contribution in [0.1, 0.15) is 40.5 Å². The van der Waals surface area contributed by atoms with Crippen molar-refractivity contribution in [2.45, 2.75) is 19.8 Å². The Balaban J connectivity index is 1.71. The molecule has 0 radical (unpaired) electrons. The number of nitrogens with one attached hydrogen (secondary N) is 1. The lowest BCUT2D eigenvalue weighted by molar-refractivity contribution is -0.130. The first-order valence-corrected chi connectivity index (χ1v) is 9.18. The van der Waals surface area contributed by atoms with Gasteiger partial charge in [-0.2, -0.15) is 0 Å². The summed E-state index contributed by atoms with van der Waals surface area (Å²) in [5, 5.41) is 3.07. The number of para-hydroxylation sites is 1. The molecule has 6 nitrogen and oxygen atoms in total. The lowest BCUT2D eigenvalue weighted by Crippen LogP contribution is -2.26. The number of anilines is 1. The molecule has 1 aliphatic heterocycles. The normalized spacial score (nSPS) is 14.4. The number of carbonyl (C=O) groups excluding carboxylic acids is 3. The van der Waals surface area contributed by atoms with Crippen LogP contribution in [-0.2, 0) is 9.53 Å². The molecular formula is C21H18ClNO5. The molecule has 2 aromatic rings. The van der Waals surface area contributed by atoms with E-state index in [0.29, 0.717) is 17.9 Å². The van der Waals surface area contributed by atoms with E-state index in [9.17, 15) is 14.4 Å². The Morgan fingerprint density at radius 2 is 1.93 bits per heavy atom. The average molecular weight is 400 g/mol. The number of esters is 2. The maximum Gasteiger partial charge on any atom is 0.349 e. The molecule has 0 aliphatic carbocycles. The van der Waals surface area contributed by atoms with Gasteiger partial charge in [-0.05, 0) is 42.8 Å². The van der Waals surface area contributed by atoms with Crippen LogP contribution < -0.4 is 10.1 Å². The monoisotopic (exact) mass is 399 g/mol. The minimum absolute atomic E-state index is 0.0715. The second kappa shape index (κ2) is 8.71. The lowest BCUT2D eigenvalue weighted by Gasteiger charge is -2.17. The molecule has 0 amide bonds. The summed E-state index contributed by atoms with van der Waals surface area (Å²) in [7, 11) is 0. The minimum Gasteiger partial charge on any atom is -0.462 e. The number of rotatable bonds is 6. The minimum atomic E-state index is -0.783. The highest BCUT2D eigenvalue weighted by Gasteiger charge is 2.32. The van der Waals surface area contributed by atoms with Gasteiger partial charge < -0.3 is 14.8 Å². The van der Waals surface area contributed by atoms with E-state index in [1.165, 1.54) is 6.20 Å². The summed E-state index contributed by atoms with van der Waals surface area (Å²) in [5.74, 6) is -1.58. The van der Waals surface area contributed by atoms with Crippen molar-refractivity contribution >= 4 is 35.0 Å². The zero-order valence-electron chi connectivity index (χ0n) is 15.2. The number of carbonyl (C=O) groups is 3. The molecule has 144 valence electrons. The van der Waals surface area contributed by atoms with E-state index >= 15 is 0 Å². The highest BCUT2D eigenvalue weighted by atomic mass is 35.5. The predicted molar refractivity (Wildman–Crippen MR) is 105 cm³/mol. The summed E-state index contributed by atoms with van der Waals surface area (Å²) in [5.41, 5.74) is 1.10. The molecule has 0 saturated carbocycles. The summed E-state index contributed by atoms with van der Waals surface area (Å²) < 4.78 is 10.3. The Kier molecular flexibility index (Phi) is 6.11. The van der Waals surface area contributed by atoms with Crippen molar-refractivity contribution in [1.29, 1.82) is 0 Å². The van der Waals surface area contributed by atoms with Crippen molar-refractivity contribution < 1.29 is 23.9 Å². The molecule has 2 aromatic carbocycles. The molecule has 0 spiro atoms. The van der Waals surface area contributed by atoms with Gasteiger partial charge in [0.25, 0.3) is 0 Å². The summed E-state index contributed by atoms with van der Waals surface area (Å²) in [6, 6.07) is 11.2. The van der Waals surface area contributed by atoms with Gasteiger partial charge in [-0.3, -0.25) is 4.79 Å². The third kappa shape index (κ3) is 4.23. The number of benzene rings is 2. The van der Waals surface area contributed by atoms with Crippen molar-refractivity contribution in [2.24, 2.45) is 0 Å². The summed E-state index contributed by atoms with van der Waals surface area (Å²) in [6.45, 7) is 2.40. The number of hydrogen-bond donors (Lipinski definition) is 1. The molecule has 0 fully saturated rings. The van der Waals surface area contributed by atoms with Gasteiger partial charge in [0.1, 0.15) is 5.57 Å². The van der Waals surface area contributed by atoms with E-state index in [1.807, 2.05) is 6.92 Å². The van der Waals surface area contributed by atoms with Crippen LogP contribution in [0.2, 0.25) is 5.02 Å². The maximum atomic E-state index is 12.5. The first kappa shape index (κ1) is 19.6. The molecule has 1 heterocycles. The van der Waals surface area contributed by atoms with E-state index in [0.717, 1.165) is 12.8 Å². The van der Waals surface area contributed by atoms with Gasteiger partial charge in [0, 0.05) is 11.9 Å². The number of unbranched alkanes of at least 4 members (excludes halogenated alkanes) is 1. The van der Waals surface area contributed by atoms with E-state index in [-0.39, 0.29) is 21.9 Å². The molecule has 0 saturated heterocycles. The number of Topliss-reactive ketones (excluding diaryl/α,β-unsaturated/α-hetero) is 1. The van der Waals surface area contributed by atoms with Gasteiger partial charge in [0.05, 0.1) is 22.8 Å². The fourth-order valence-electron chi connectivity index (χ4n) is 2.55. The fourth-order valence-corrected chi connectivity index (χ4v) is 2.76. The summed E-state index contributed by atoms with van der Waals surface area (Å²) >= 11 is 5.97. The smallest absolute Gasteiger partial charge is 0.349 e. The quantitative estimate of drug-likeness (QED) is 0.255. The average Bonchev–Trinajstić information content (AvgIpc) is 2.69. The molecule has 7 heteroatoms. The zero-order chi connectivity index (χ0) is 20.1. The van der Waals surface area contributed by atoms with Gasteiger partial charge in [-0.1, -0.05) is 31.0 Å². The molecule has 0 aromatic heterocycles. The predicted octanol–water partition coefficient (Wildman–Crippen LogP) is 4.39. The largest absolute Gasteiger partial charge is 0.462 e.